The topological polar surface area (TPSA) is 24.9 Å². The molecule has 0 aliphatic rings. The molecular formula is C14H18N2S. The van der Waals surface area contributed by atoms with Gasteiger partial charge in [-0.2, -0.15) is 0 Å². The quantitative estimate of drug-likeness (QED) is 0.847. The van der Waals surface area contributed by atoms with Crippen molar-refractivity contribution in [1.82, 2.24) is 10.3 Å². The second-order valence-corrected chi connectivity index (χ2v) is 5.14. The van der Waals surface area contributed by atoms with E-state index in [0.29, 0.717) is 5.92 Å². The molecule has 90 valence electrons. The Morgan fingerprint density at radius 2 is 2.12 bits per heavy atom. The Balaban J connectivity index is 1.98. The molecule has 0 spiro atoms. The lowest BCUT2D eigenvalue weighted by Gasteiger charge is -2.16. The van der Waals surface area contributed by atoms with Gasteiger partial charge in [0.15, 0.2) is 0 Å². The molecule has 1 N–H and O–H groups in total. The zero-order valence-corrected chi connectivity index (χ0v) is 10.9. The highest BCUT2D eigenvalue weighted by molar-refractivity contribution is 7.09. The summed E-state index contributed by atoms with van der Waals surface area (Å²) in [5.74, 6) is 0.586. The van der Waals surface area contributed by atoms with Gasteiger partial charge in [-0.15, -0.1) is 11.3 Å². The maximum atomic E-state index is 4.12. The normalized spacial score (nSPS) is 12.5. The van der Waals surface area contributed by atoms with Crippen LogP contribution in [0.2, 0.25) is 0 Å². The molecule has 0 saturated heterocycles. The molecule has 2 rings (SSSR count). The molecule has 0 aliphatic heterocycles. The van der Waals surface area contributed by atoms with Crippen LogP contribution in [0.3, 0.4) is 0 Å². The van der Waals surface area contributed by atoms with Crippen molar-refractivity contribution in [3.63, 3.8) is 0 Å². The summed E-state index contributed by atoms with van der Waals surface area (Å²) in [6.45, 7) is 1.03. The molecule has 2 nitrogen and oxygen atoms in total. The van der Waals surface area contributed by atoms with Gasteiger partial charge in [-0.25, -0.2) is 0 Å². The van der Waals surface area contributed by atoms with Crippen molar-refractivity contribution in [1.29, 1.82) is 0 Å². The van der Waals surface area contributed by atoms with Gasteiger partial charge in [0, 0.05) is 17.6 Å². The Morgan fingerprint density at radius 3 is 2.76 bits per heavy atom. The number of aryl methyl sites for hydroxylation is 1. The number of nitrogens with zero attached hydrogens (tertiary/aromatic N) is 1. The van der Waals surface area contributed by atoms with E-state index in [2.05, 4.69) is 40.6 Å². The van der Waals surface area contributed by atoms with Crippen molar-refractivity contribution >= 4 is 11.3 Å². The SMILES string of the molecule is CNCC(CCc1cncs1)c1ccccc1. The van der Waals surface area contributed by atoms with Gasteiger partial charge in [-0.1, -0.05) is 30.3 Å². The molecule has 1 heterocycles. The molecule has 0 radical (unpaired) electrons. The van der Waals surface area contributed by atoms with E-state index >= 15 is 0 Å². The number of nitrogens with one attached hydrogen (secondary N) is 1. The van der Waals surface area contributed by atoms with Gasteiger partial charge in [-0.3, -0.25) is 4.98 Å². The van der Waals surface area contributed by atoms with Crippen LogP contribution in [0, 0.1) is 0 Å². The highest BCUT2D eigenvalue weighted by atomic mass is 32.1. The van der Waals surface area contributed by atoms with Gasteiger partial charge in [0.05, 0.1) is 5.51 Å². The average molecular weight is 246 g/mol. The number of hydrogen-bond donors (Lipinski definition) is 1. The summed E-state index contributed by atoms with van der Waals surface area (Å²) in [6.07, 6.45) is 4.27. The zero-order chi connectivity index (χ0) is 11.9. The Bertz CT molecular complexity index is 411. The van der Waals surface area contributed by atoms with E-state index in [1.54, 1.807) is 11.3 Å². The van der Waals surface area contributed by atoms with E-state index in [4.69, 9.17) is 0 Å². The molecule has 0 fully saturated rings. The largest absolute Gasteiger partial charge is 0.319 e. The molecule has 0 amide bonds. The fourth-order valence-electron chi connectivity index (χ4n) is 2.04. The predicted octanol–water partition coefficient (Wildman–Crippen LogP) is 3.08. The van der Waals surface area contributed by atoms with Gasteiger partial charge in [0.25, 0.3) is 0 Å². The summed E-state index contributed by atoms with van der Waals surface area (Å²) in [5.41, 5.74) is 3.33. The Hall–Kier alpha value is -1.19. The molecule has 2 aromatic rings. The third kappa shape index (κ3) is 3.65. The van der Waals surface area contributed by atoms with Gasteiger partial charge in [0.2, 0.25) is 0 Å². The molecule has 0 bridgehead atoms. The Kier molecular flexibility index (Phi) is 4.71. The lowest BCUT2D eigenvalue weighted by Crippen LogP contribution is -2.17. The highest BCUT2D eigenvalue weighted by Crippen LogP contribution is 2.22. The number of rotatable bonds is 6. The van der Waals surface area contributed by atoms with Crippen LogP contribution in [-0.2, 0) is 6.42 Å². The van der Waals surface area contributed by atoms with E-state index in [1.165, 1.54) is 16.9 Å². The molecule has 1 atom stereocenters. The van der Waals surface area contributed by atoms with Crippen molar-refractivity contribution in [2.24, 2.45) is 0 Å². The number of thiazole rings is 1. The third-order valence-electron chi connectivity index (χ3n) is 2.94. The first-order valence-electron chi connectivity index (χ1n) is 5.97. The molecular weight excluding hydrogens is 228 g/mol. The zero-order valence-electron chi connectivity index (χ0n) is 10.1. The minimum atomic E-state index is 0.586. The smallest absolute Gasteiger partial charge is 0.0794 e. The molecule has 17 heavy (non-hydrogen) atoms. The lowest BCUT2D eigenvalue weighted by atomic mass is 9.94. The van der Waals surface area contributed by atoms with Crippen LogP contribution in [0.25, 0.3) is 0 Å². The summed E-state index contributed by atoms with van der Waals surface area (Å²) in [6, 6.07) is 10.7. The van der Waals surface area contributed by atoms with Crippen LogP contribution in [0.15, 0.2) is 42.0 Å². The molecule has 0 aliphatic carbocycles. The van der Waals surface area contributed by atoms with E-state index in [1.807, 2.05) is 18.8 Å². The van der Waals surface area contributed by atoms with Crippen LogP contribution in [0.5, 0.6) is 0 Å². The van der Waals surface area contributed by atoms with Crippen LogP contribution in [-0.4, -0.2) is 18.6 Å². The third-order valence-corrected chi connectivity index (χ3v) is 3.78. The predicted molar refractivity (Wildman–Crippen MR) is 73.5 cm³/mol. The maximum Gasteiger partial charge on any atom is 0.0794 e. The van der Waals surface area contributed by atoms with Gasteiger partial charge in [0.1, 0.15) is 0 Å². The van der Waals surface area contributed by atoms with Crippen molar-refractivity contribution in [2.75, 3.05) is 13.6 Å². The van der Waals surface area contributed by atoms with E-state index in [9.17, 15) is 0 Å². The molecule has 1 aromatic carbocycles. The number of hydrogen-bond acceptors (Lipinski definition) is 3. The van der Waals surface area contributed by atoms with E-state index in [0.717, 1.165) is 13.0 Å². The van der Waals surface area contributed by atoms with Crippen LogP contribution in [0.4, 0.5) is 0 Å². The summed E-state index contributed by atoms with van der Waals surface area (Å²) in [5, 5.41) is 3.28. The van der Waals surface area contributed by atoms with Gasteiger partial charge >= 0.3 is 0 Å². The van der Waals surface area contributed by atoms with E-state index < -0.39 is 0 Å². The van der Waals surface area contributed by atoms with Crippen molar-refractivity contribution in [3.8, 4) is 0 Å². The van der Waals surface area contributed by atoms with Crippen molar-refractivity contribution < 1.29 is 0 Å². The number of aromatic nitrogens is 1. The first-order chi connectivity index (χ1) is 8.40. The maximum absolute atomic E-state index is 4.12. The average Bonchev–Trinajstić information content (AvgIpc) is 2.88. The van der Waals surface area contributed by atoms with Gasteiger partial charge in [-0.05, 0) is 31.4 Å². The summed E-state index contributed by atoms with van der Waals surface area (Å²) < 4.78 is 0. The number of benzene rings is 1. The summed E-state index contributed by atoms with van der Waals surface area (Å²) in [7, 11) is 2.02. The van der Waals surface area contributed by atoms with Crippen molar-refractivity contribution in [2.45, 2.75) is 18.8 Å². The lowest BCUT2D eigenvalue weighted by molar-refractivity contribution is 0.586. The molecule has 3 heteroatoms. The number of likely N-dealkylation sites (N-methyl/N-ethyl adjacent to an activating group) is 1. The summed E-state index contributed by atoms with van der Waals surface area (Å²) >= 11 is 1.75. The highest BCUT2D eigenvalue weighted by Gasteiger charge is 2.10. The van der Waals surface area contributed by atoms with Gasteiger partial charge < -0.3 is 5.32 Å². The minimum absolute atomic E-state index is 0.586. The van der Waals surface area contributed by atoms with Crippen LogP contribution >= 0.6 is 11.3 Å². The molecule has 1 unspecified atom stereocenters. The van der Waals surface area contributed by atoms with Crippen molar-refractivity contribution in [3.05, 3.63) is 52.5 Å². The fraction of sp³-hybridized carbons (Fsp3) is 0.357. The first kappa shape index (κ1) is 12.3. The fourth-order valence-corrected chi connectivity index (χ4v) is 2.65. The van der Waals surface area contributed by atoms with Crippen LogP contribution < -0.4 is 5.32 Å². The summed E-state index contributed by atoms with van der Waals surface area (Å²) in [4.78, 5) is 5.50. The Labute approximate surface area is 107 Å². The van der Waals surface area contributed by atoms with E-state index in [-0.39, 0.29) is 0 Å². The monoisotopic (exact) mass is 246 g/mol. The Morgan fingerprint density at radius 1 is 1.29 bits per heavy atom. The molecule has 0 saturated carbocycles. The molecule has 1 aromatic heterocycles. The second-order valence-electron chi connectivity index (χ2n) is 4.17. The van der Waals surface area contributed by atoms with Crippen LogP contribution in [0.1, 0.15) is 22.8 Å². The standard InChI is InChI=1S/C14H18N2S/c1-15-9-13(12-5-3-2-4-6-12)7-8-14-10-16-11-17-14/h2-6,10-11,13,15H,7-9H2,1H3. The second kappa shape index (κ2) is 6.52. The minimum Gasteiger partial charge on any atom is -0.319 e. The first-order valence-corrected chi connectivity index (χ1v) is 6.85.